The van der Waals surface area contributed by atoms with Gasteiger partial charge in [-0.25, -0.2) is 9.59 Å². The van der Waals surface area contributed by atoms with Crippen molar-refractivity contribution in [2.24, 2.45) is 0 Å². The maximum atomic E-state index is 13.5. The molecule has 0 heterocycles. The molecule has 286 valence electrons. The monoisotopic (exact) mass is 752 g/mol. The summed E-state index contributed by atoms with van der Waals surface area (Å²) in [7, 11) is 0. The van der Waals surface area contributed by atoms with Gasteiger partial charge in [0, 0.05) is 41.9 Å². The summed E-state index contributed by atoms with van der Waals surface area (Å²) < 4.78 is 22.4. The van der Waals surface area contributed by atoms with Crippen LogP contribution in [-0.2, 0) is 31.1 Å². The second-order valence-corrected chi connectivity index (χ2v) is 13.2. The van der Waals surface area contributed by atoms with E-state index in [2.05, 4.69) is 23.7 Å². The molecule has 2 N–H and O–H groups in total. The zero-order valence-corrected chi connectivity index (χ0v) is 32.1. The number of carbonyl (C=O) groups excluding carboxylic acids is 1. The highest BCUT2D eigenvalue weighted by atomic mass is 16.5. The van der Waals surface area contributed by atoms with Crippen molar-refractivity contribution in [3.05, 3.63) is 142 Å². The molecule has 1 aliphatic carbocycles. The van der Waals surface area contributed by atoms with Gasteiger partial charge in [0.25, 0.3) is 0 Å². The minimum Gasteiger partial charge on any atom is -0.490 e. The maximum absolute atomic E-state index is 13.5. The predicted octanol–water partition coefficient (Wildman–Crippen LogP) is 8.02. The largest absolute Gasteiger partial charge is 0.490 e. The molecule has 56 heavy (non-hydrogen) atoms. The van der Waals surface area contributed by atoms with Crippen LogP contribution in [-0.4, -0.2) is 60.5 Å². The molecule has 5 rings (SSSR count). The number of hydrogen-bond acceptors (Lipinski definition) is 7. The first-order valence-corrected chi connectivity index (χ1v) is 18.3. The summed E-state index contributed by atoms with van der Waals surface area (Å²) in [5, 5.41) is 18.9. The molecular formula is C47H44O9. The van der Waals surface area contributed by atoms with Gasteiger partial charge in [0.2, 0.25) is 0 Å². The average Bonchev–Trinajstić information content (AvgIpc) is 3.46. The molecule has 0 aliphatic heterocycles. The molecule has 0 fully saturated rings. The Labute approximate surface area is 327 Å². The molecular weight excluding hydrogens is 709 g/mol. The summed E-state index contributed by atoms with van der Waals surface area (Å²) in [4.78, 5) is 36.6. The van der Waals surface area contributed by atoms with Crippen molar-refractivity contribution in [3.63, 3.8) is 0 Å². The lowest BCUT2D eigenvalue weighted by molar-refractivity contribution is -0.164. The average molecular weight is 753 g/mol. The highest BCUT2D eigenvalue weighted by Crippen LogP contribution is 2.37. The number of aliphatic carboxylic acids is 2. The molecule has 0 radical (unpaired) electrons. The van der Waals surface area contributed by atoms with Crippen molar-refractivity contribution in [1.82, 2.24) is 0 Å². The third-order valence-electron chi connectivity index (χ3n) is 9.14. The van der Waals surface area contributed by atoms with Gasteiger partial charge in [-0.15, -0.1) is 0 Å². The van der Waals surface area contributed by atoms with E-state index in [9.17, 15) is 24.6 Å². The first-order chi connectivity index (χ1) is 26.9. The number of rotatable bonds is 15. The molecule has 0 bridgehead atoms. The van der Waals surface area contributed by atoms with Crippen LogP contribution >= 0.6 is 0 Å². The highest BCUT2D eigenvalue weighted by molar-refractivity contribution is 6.22. The van der Waals surface area contributed by atoms with Crippen LogP contribution in [0.5, 0.6) is 11.5 Å². The number of carboxylic acid groups (broad SMARTS) is 2. The van der Waals surface area contributed by atoms with Crippen LogP contribution in [0.4, 0.5) is 0 Å². The molecule has 1 aliphatic rings. The van der Waals surface area contributed by atoms with Gasteiger partial charge in [0.05, 0.1) is 0 Å². The standard InChI is InChI=1S/C47H44O9/c1-6-53-43(45(49)50)30-35-12-18-37(19-13-35)54-26-24-31(3)8-10-33-14-22-39-40-23-15-34(29-42(40)44(48)41(39)28-33)11-9-32(4)25-27-55-38-20-16-36(17-21-38)47(5,46(51)52)56-7-2/h12-25,28-29,43H,6-7,26-27,30H2,1-5H3,(H,49,50)(H,51,52). The second kappa shape index (κ2) is 18.8. The van der Waals surface area contributed by atoms with Crippen molar-refractivity contribution in [1.29, 1.82) is 0 Å². The minimum atomic E-state index is -1.43. The minimum absolute atomic E-state index is 0.0676. The van der Waals surface area contributed by atoms with Gasteiger partial charge >= 0.3 is 11.9 Å². The molecule has 2 unspecified atom stereocenters. The van der Waals surface area contributed by atoms with Crippen LogP contribution in [0, 0.1) is 23.7 Å². The molecule has 9 heteroatoms. The van der Waals surface area contributed by atoms with E-state index < -0.39 is 23.6 Å². The second-order valence-electron chi connectivity index (χ2n) is 13.2. The van der Waals surface area contributed by atoms with Crippen LogP contribution in [0.2, 0.25) is 0 Å². The van der Waals surface area contributed by atoms with Crippen LogP contribution in [0.3, 0.4) is 0 Å². The number of ketones is 1. The molecule has 4 aromatic rings. The van der Waals surface area contributed by atoms with E-state index in [1.165, 1.54) is 6.92 Å². The van der Waals surface area contributed by atoms with E-state index in [0.717, 1.165) is 39.0 Å². The molecule has 2 atom stereocenters. The van der Waals surface area contributed by atoms with Gasteiger partial charge in [0.15, 0.2) is 17.5 Å². The molecule has 4 aromatic carbocycles. The summed E-state index contributed by atoms with van der Waals surface area (Å²) in [6.07, 6.45) is 3.12. The van der Waals surface area contributed by atoms with Crippen molar-refractivity contribution in [3.8, 4) is 46.3 Å². The summed E-state index contributed by atoms with van der Waals surface area (Å²) in [5.74, 6) is 11.7. The van der Waals surface area contributed by atoms with Gasteiger partial charge in [-0.05, 0) is 129 Å². The lowest BCUT2D eigenvalue weighted by atomic mass is 9.96. The third-order valence-corrected chi connectivity index (χ3v) is 9.14. The Morgan fingerprint density at radius 3 is 1.66 bits per heavy atom. The SMILES string of the molecule is CCOC(Cc1ccc(OCC=C(C)C#Cc2ccc3c(c2)C(=O)c2cc(C#CC(C)=CCOc4ccc(C(C)(OCC)C(=O)O)cc4)ccc2-3)cc1)C(=O)O. The number of fused-ring (bicyclic) bond motifs is 3. The van der Waals surface area contributed by atoms with Crippen molar-refractivity contribution in [2.75, 3.05) is 26.4 Å². The van der Waals surface area contributed by atoms with Crippen molar-refractivity contribution < 1.29 is 43.5 Å². The van der Waals surface area contributed by atoms with Crippen LogP contribution < -0.4 is 9.47 Å². The Bertz CT molecular complexity index is 2280. The van der Waals surface area contributed by atoms with E-state index in [0.29, 0.717) is 41.4 Å². The summed E-state index contributed by atoms with van der Waals surface area (Å²) in [6, 6.07) is 25.4. The first-order valence-electron chi connectivity index (χ1n) is 18.3. The lowest BCUT2D eigenvalue weighted by Gasteiger charge is -2.25. The molecule has 0 amide bonds. The fourth-order valence-electron chi connectivity index (χ4n) is 5.98. The number of carboxylic acids is 2. The zero-order valence-electron chi connectivity index (χ0n) is 32.1. The Hall–Kier alpha value is -6.39. The van der Waals surface area contributed by atoms with E-state index in [-0.39, 0.29) is 25.4 Å². The summed E-state index contributed by atoms with van der Waals surface area (Å²) in [5.41, 5.74) is 5.93. The molecule has 9 nitrogen and oxygen atoms in total. The van der Waals surface area contributed by atoms with Gasteiger partial charge in [-0.2, -0.15) is 0 Å². The quantitative estimate of drug-likeness (QED) is 0.102. The molecule has 0 spiro atoms. The van der Waals surface area contributed by atoms with Gasteiger partial charge < -0.3 is 29.2 Å². The van der Waals surface area contributed by atoms with Crippen LogP contribution in [0.1, 0.15) is 72.8 Å². The van der Waals surface area contributed by atoms with Gasteiger partial charge in [-0.1, -0.05) is 60.1 Å². The molecule has 0 saturated carbocycles. The number of hydrogen-bond donors (Lipinski definition) is 2. The highest BCUT2D eigenvalue weighted by Gasteiger charge is 2.36. The van der Waals surface area contributed by atoms with Gasteiger partial charge in [-0.3, -0.25) is 4.79 Å². The van der Waals surface area contributed by atoms with Crippen LogP contribution in [0.25, 0.3) is 11.1 Å². The fraction of sp³-hybridized carbons (Fsp3) is 0.255. The lowest BCUT2D eigenvalue weighted by Crippen LogP contribution is -2.35. The topological polar surface area (TPSA) is 129 Å². The number of ether oxygens (including phenoxy) is 4. The van der Waals surface area contributed by atoms with Crippen molar-refractivity contribution in [2.45, 2.75) is 52.7 Å². The number of allylic oxidation sites excluding steroid dienone is 2. The Morgan fingerprint density at radius 1 is 0.714 bits per heavy atom. The third kappa shape index (κ3) is 10.2. The fourth-order valence-corrected chi connectivity index (χ4v) is 5.98. The summed E-state index contributed by atoms with van der Waals surface area (Å²) >= 11 is 0. The Balaban J connectivity index is 1.15. The zero-order chi connectivity index (χ0) is 40.2. The smallest absolute Gasteiger partial charge is 0.340 e. The van der Waals surface area contributed by atoms with Crippen LogP contribution in [0.15, 0.2) is 108 Å². The molecule has 0 saturated heterocycles. The Kier molecular flexibility index (Phi) is 13.7. The van der Waals surface area contributed by atoms with Gasteiger partial charge in [0.1, 0.15) is 24.7 Å². The number of carbonyl (C=O) groups is 3. The predicted molar refractivity (Wildman–Crippen MR) is 214 cm³/mol. The van der Waals surface area contributed by atoms with Crippen molar-refractivity contribution >= 4 is 17.7 Å². The van der Waals surface area contributed by atoms with E-state index >= 15 is 0 Å². The summed E-state index contributed by atoms with van der Waals surface area (Å²) in [6.45, 7) is 10.0. The first kappa shape index (κ1) is 40.8. The maximum Gasteiger partial charge on any atom is 0.340 e. The van der Waals surface area contributed by atoms with E-state index in [1.54, 1.807) is 50.2 Å². The number of benzene rings is 4. The normalized spacial score (nSPS) is 13.6. The van der Waals surface area contributed by atoms with E-state index in [1.807, 2.05) is 74.5 Å². The molecule has 0 aromatic heterocycles. The Morgan fingerprint density at radius 2 is 1.21 bits per heavy atom. The van der Waals surface area contributed by atoms with E-state index in [4.69, 9.17) is 18.9 Å².